The SMILES string of the molecule is c1ccc(C2(c3ccc4c(c3)N(c3cccc(-c5ncc[nH]5)c3)c3ccccc3S4)CCCCC2)nc1. The largest absolute Gasteiger partial charge is 0.345 e. The Labute approximate surface area is 221 Å². The molecule has 0 bridgehead atoms. The van der Waals surface area contributed by atoms with Gasteiger partial charge in [-0.05, 0) is 66.9 Å². The number of hydrogen-bond donors (Lipinski definition) is 1. The minimum atomic E-state index is -0.0438. The Morgan fingerprint density at radius 2 is 1.59 bits per heavy atom. The third kappa shape index (κ3) is 3.85. The molecule has 2 aromatic heterocycles. The summed E-state index contributed by atoms with van der Waals surface area (Å²) in [5, 5.41) is 0. The van der Waals surface area contributed by atoms with Crippen LogP contribution in [-0.4, -0.2) is 15.0 Å². The number of aromatic nitrogens is 3. The summed E-state index contributed by atoms with van der Waals surface area (Å²) >= 11 is 1.86. The van der Waals surface area contributed by atoms with Crippen molar-refractivity contribution in [3.05, 3.63) is 115 Å². The lowest BCUT2D eigenvalue weighted by Gasteiger charge is -2.39. The number of hydrogen-bond acceptors (Lipinski definition) is 4. The molecule has 4 nitrogen and oxygen atoms in total. The first-order valence-corrected chi connectivity index (χ1v) is 13.9. The van der Waals surface area contributed by atoms with Gasteiger partial charge in [-0.15, -0.1) is 0 Å². The van der Waals surface area contributed by atoms with Gasteiger partial charge in [0.1, 0.15) is 5.82 Å². The Morgan fingerprint density at radius 1 is 0.730 bits per heavy atom. The van der Waals surface area contributed by atoms with Crippen LogP contribution in [0.4, 0.5) is 17.1 Å². The van der Waals surface area contributed by atoms with Crippen molar-refractivity contribution in [2.45, 2.75) is 47.3 Å². The van der Waals surface area contributed by atoms with Gasteiger partial charge in [0.05, 0.1) is 17.1 Å². The number of para-hydroxylation sites is 1. The molecule has 0 saturated heterocycles. The minimum Gasteiger partial charge on any atom is -0.345 e. The second-order valence-corrected chi connectivity index (χ2v) is 11.0. The Balaban J connectivity index is 1.41. The number of nitrogens with one attached hydrogen (secondary N) is 1. The maximum atomic E-state index is 4.89. The number of imidazole rings is 1. The molecule has 0 spiro atoms. The van der Waals surface area contributed by atoms with E-state index in [1.807, 2.05) is 30.2 Å². The molecule has 7 rings (SSSR count). The quantitative estimate of drug-likeness (QED) is 0.263. The van der Waals surface area contributed by atoms with Crippen LogP contribution in [0.3, 0.4) is 0 Å². The molecule has 1 saturated carbocycles. The van der Waals surface area contributed by atoms with Gasteiger partial charge >= 0.3 is 0 Å². The number of rotatable bonds is 4. The van der Waals surface area contributed by atoms with Crippen LogP contribution >= 0.6 is 11.8 Å². The van der Waals surface area contributed by atoms with E-state index in [0.29, 0.717) is 0 Å². The number of aromatic amines is 1. The molecular weight excluding hydrogens is 472 g/mol. The Morgan fingerprint density at radius 3 is 2.43 bits per heavy atom. The van der Waals surface area contributed by atoms with E-state index in [9.17, 15) is 0 Å². The number of fused-ring (bicyclic) bond motifs is 2. The molecular formula is C32H28N4S. The van der Waals surface area contributed by atoms with Gasteiger partial charge in [0.15, 0.2) is 0 Å². The summed E-state index contributed by atoms with van der Waals surface area (Å²) in [4.78, 5) is 17.6. The zero-order valence-electron chi connectivity index (χ0n) is 20.6. The number of benzene rings is 3. The van der Waals surface area contributed by atoms with E-state index < -0.39 is 0 Å². The highest BCUT2D eigenvalue weighted by atomic mass is 32.2. The smallest absolute Gasteiger partial charge is 0.137 e. The molecule has 37 heavy (non-hydrogen) atoms. The second-order valence-electron chi connectivity index (χ2n) is 9.93. The molecule has 5 heteroatoms. The fourth-order valence-corrected chi connectivity index (χ4v) is 7.08. The number of H-pyrrole nitrogens is 1. The molecule has 3 heterocycles. The summed E-state index contributed by atoms with van der Waals surface area (Å²) in [6.07, 6.45) is 11.7. The first-order chi connectivity index (χ1) is 18.3. The number of nitrogens with zero attached hydrogens (tertiary/aromatic N) is 3. The van der Waals surface area contributed by atoms with Gasteiger partial charge in [0.25, 0.3) is 0 Å². The number of anilines is 3. The summed E-state index contributed by atoms with van der Waals surface area (Å²) in [6.45, 7) is 0. The van der Waals surface area contributed by atoms with Gasteiger partial charge in [-0.2, -0.15) is 0 Å². The summed E-state index contributed by atoms with van der Waals surface area (Å²) in [5.74, 6) is 0.881. The molecule has 3 aromatic carbocycles. The van der Waals surface area contributed by atoms with Crippen molar-refractivity contribution in [3.8, 4) is 11.4 Å². The third-order valence-corrected chi connectivity index (χ3v) is 8.95. The summed E-state index contributed by atoms with van der Waals surface area (Å²) in [6, 6.07) is 30.9. The summed E-state index contributed by atoms with van der Waals surface area (Å²) in [5.41, 5.74) is 7.19. The van der Waals surface area contributed by atoms with Crippen LogP contribution in [0.5, 0.6) is 0 Å². The maximum absolute atomic E-state index is 4.89. The van der Waals surface area contributed by atoms with Crippen molar-refractivity contribution in [1.29, 1.82) is 0 Å². The molecule has 2 aliphatic rings. The average Bonchev–Trinajstić information content (AvgIpc) is 3.52. The molecule has 0 unspecified atom stereocenters. The molecule has 0 atom stereocenters. The van der Waals surface area contributed by atoms with E-state index in [1.165, 1.54) is 51.7 Å². The summed E-state index contributed by atoms with van der Waals surface area (Å²) < 4.78 is 0. The van der Waals surface area contributed by atoms with Crippen molar-refractivity contribution in [3.63, 3.8) is 0 Å². The lowest BCUT2D eigenvalue weighted by Crippen LogP contribution is -2.31. The van der Waals surface area contributed by atoms with Crippen LogP contribution in [0.15, 0.2) is 113 Å². The van der Waals surface area contributed by atoms with E-state index in [1.54, 1.807) is 6.20 Å². The van der Waals surface area contributed by atoms with Crippen LogP contribution in [0, 0.1) is 0 Å². The van der Waals surface area contributed by atoms with Crippen molar-refractivity contribution in [2.24, 2.45) is 0 Å². The van der Waals surface area contributed by atoms with E-state index in [-0.39, 0.29) is 5.41 Å². The highest BCUT2D eigenvalue weighted by Gasteiger charge is 2.38. The third-order valence-electron chi connectivity index (χ3n) is 7.82. The van der Waals surface area contributed by atoms with Crippen LogP contribution in [-0.2, 0) is 5.41 Å². The normalized spacial score (nSPS) is 16.2. The first kappa shape index (κ1) is 22.4. The molecule has 0 amide bonds. The lowest BCUT2D eigenvalue weighted by molar-refractivity contribution is 0.338. The predicted octanol–water partition coefficient (Wildman–Crippen LogP) is 8.66. The van der Waals surface area contributed by atoms with Gasteiger partial charge in [-0.25, -0.2) is 4.98 Å². The zero-order valence-corrected chi connectivity index (χ0v) is 21.4. The van der Waals surface area contributed by atoms with Crippen LogP contribution in [0.25, 0.3) is 11.4 Å². The standard InChI is InChI=1S/C32H28N4S/c1-5-16-32(17-6-1,30-13-4-7-18-33-30)24-14-15-29-27(22-24)36(26-11-2-3-12-28(26)37-29)25-10-8-9-23(21-25)31-34-19-20-35-31/h2-4,7-15,18-22H,1,5-6,16-17H2,(H,34,35). The molecule has 1 aliphatic carbocycles. The average molecular weight is 501 g/mol. The lowest BCUT2D eigenvalue weighted by atomic mass is 9.67. The highest BCUT2D eigenvalue weighted by Crippen LogP contribution is 2.54. The zero-order chi connectivity index (χ0) is 24.7. The monoisotopic (exact) mass is 500 g/mol. The van der Waals surface area contributed by atoms with Gasteiger partial charge in [0.2, 0.25) is 0 Å². The molecule has 5 aromatic rings. The molecule has 182 valence electrons. The van der Waals surface area contributed by atoms with Crippen LogP contribution < -0.4 is 4.90 Å². The van der Waals surface area contributed by atoms with Crippen LogP contribution in [0.2, 0.25) is 0 Å². The predicted molar refractivity (Wildman–Crippen MR) is 151 cm³/mol. The minimum absolute atomic E-state index is 0.0438. The Hall–Kier alpha value is -3.83. The highest BCUT2D eigenvalue weighted by molar-refractivity contribution is 7.99. The van der Waals surface area contributed by atoms with Crippen LogP contribution in [0.1, 0.15) is 43.4 Å². The fraction of sp³-hybridized carbons (Fsp3) is 0.188. The topological polar surface area (TPSA) is 44.8 Å². The van der Waals surface area contributed by atoms with Gasteiger partial charge in [0, 0.05) is 45.0 Å². The Kier molecular flexibility index (Phi) is 5.59. The van der Waals surface area contributed by atoms with E-state index in [2.05, 4.69) is 93.7 Å². The summed E-state index contributed by atoms with van der Waals surface area (Å²) in [7, 11) is 0. The molecule has 0 radical (unpaired) electrons. The molecule has 1 fully saturated rings. The first-order valence-electron chi connectivity index (χ1n) is 13.0. The van der Waals surface area contributed by atoms with Gasteiger partial charge in [-0.1, -0.05) is 67.4 Å². The maximum Gasteiger partial charge on any atom is 0.137 e. The molecule has 1 aliphatic heterocycles. The van der Waals surface area contributed by atoms with E-state index >= 15 is 0 Å². The van der Waals surface area contributed by atoms with Crippen molar-refractivity contribution >= 4 is 28.8 Å². The second kappa shape index (κ2) is 9.24. The van der Waals surface area contributed by atoms with E-state index in [0.717, 1.165) is 29.9 Å². The number of pyridine rings is 1. The van der Waals surface area contributed by atoms with Crippen molar-refractivity contribution < 1.29 is 0 Å². The van der Waals surface area contributed by atoms with Gasteiger partial charge < -0.3 is 9.88 Å². The van der Waals surface area contributed by atoms with Gasteiger partial charge in [-0.3, -0.25) is 4.98 Å². The Bertz CT molecular complexity index is 1540. The van der Waals surface area contributed by atoms with Crippen molar-refractivity contribution in [2.75, 3.05) is 4.90 Å². The fourth-order valence-electron chi connectivity index (χ4n) is 6.04. The molecule has 1 N–H and O–H groups in total. The van der Waals surface area contributed by atoms with E-state index in [4.69, 9.17) is 4.98 Å². The van der Waals surface area contributed by atoms with Crippen molar-refractivity contribution in [1.82, 2.24) is 15.0 Å².